The van der Waals surface area contributed by atoms with Gasteiger partial charge in [-0.25, -0.2) is 0 Å². The first-order chi connectivity index (χ1) is 11.6. The van der Waals surface area contributed by atoms with Crippen LogP contribution in [0.3, 0.4) is 0 Å². The minimum Gasteiger partial charge on any atom is -0.355 e. The number of rotatable bonds is 3. The number of carbonyl (C=O) groups excluding carboxylic acids is 2. The SMILES string of the molecule is CNC(=O)c1c(NC(=O)c2ccc(C)cc2)sc2c1CCCCC2. The maximum absolute atomic E-state index is 12.5. The van der Waals surface area contributed by atoms with Gasteiger partial charge in [0.1, 0.15) is 5.00 Å². The van der Waals surface area contributed by atoms with Crippen molar-refractivity contribution < 1.29 is 9.59 Å². The Balaban J connectivity index is 1.93. The summed E-state index contributed by atoms with van der Waals surface area (Å²) < 4.78 is 0. The van der Waals surface area contributed by atoms with E-state index in [4.69, 9.17) is 0 Å². The van der Waals surface area contributed by atoms with Crippen LogP contribution < -0.4 is 10.6 Å². The van der Waals surface area contributed by atoms with Crippen molar-refractivity contribution >= 4 is 28.2 Å². The van der Waals surface area contributed by atoms with Crippen molar-refractivity contribution in [1.29, 1.82) is 0 Å². The van der Waals surface area contributed by atoms with Gasteiger partial charge in [0.05, 0.1) is 5.56 Å². The summed E-state index contributed by atoms with van der Waals surface area (Å²) in [5.41, 5.74) is 3.49. The monoisotopic (exact) mass is 342 g/mol. The highest BCUT2D eigenvalue weighted by atomic mass is 32.1. The van der Waals surface area contributed by atoms with E-state index in [2.05, 4.69) is 10.6 Å². The first kappa shape index (κ1) is 16.7. The number of nitrogens with one attached hydrogen (secondary N) is 2. The van der Waals surface area contributed by atoms with Crippen LogP contribution in [0.25, 0.3) is 0 Å². The van der Waals surface area contributed by atoms with Crippen LogP contribution in [0.5, 0.6) is 0 Å². The van der Waals surface area contributed by atoms with Crippen molar-refractivity contribution in [2.75, 3.05) is 12.4 Å². The van der Waals surface area contributed by atoms with E-state index in [9.17, 15) is 9.59 Å². The Morgan fingerprint density at radius 1 is 1.00 bits per heavy atom. The van der Waals surface area contributed by atoms with Crippen LogP contribution in [0.4, 0.5) is 5.00 Å². The van der Waals surface area contributed by atoms with E-state index >= 15 is 0 Å². The molecule has 2 N–H and O–H groups in total. The summed E-state index contributed by atoms with van der Waals surface area (Å²) in [6.45, 7) is 1.99. The van der Waals surface area contributed by atoms with Crippen LogP contribution in [-0.2, 0) is 12.8 Å². The third-order valence-electron chi connectivity index (χ3n) is 4.42. The van der Waals surface area contributed by atoms with E-state index in [-0.39, 0.29) is 11.8 Å². The van der Waals surface area contributed by atoms with Crippen LogP contribution in [0.15, 0.2) is 24.3 Å². The normalized spacial score (nSPS) is 13.8. The van der Waals surface area contributed by atoms with Gasteiger partial charge in [-0.3, -0.25) is 9.59 Å². The van der Waals surface area contributed by atoms with E-state index in [1.165, 1.54) is 11.3 Å². The van der Waals surface area contributed by atoms with Gasteiger partial charge in [0, 0.05) is 17.5 Å². The van der Waals surface area contributed by atoms with Gasteiger partial charge in [0.15, 0.2) is 0 Å². The summed E-state index contributed by atoms with van der Waals surface area (Å²) in [5, 5.41) is 6.35. The molecule has 5 heteroatoms. The summed E-state index contributed by atoms with van der Waals surface area (Å²) in [4.78, 5) is 26.2. The fourth-order valence-corrected chi connectivity index (χ4v) is 4.36. The highest BCUT2D eigenvalue weighted by molar-refractivity contribution is 7.17. The molecular formula is C19H22N2O2S. The molecular weight excluding hydrogens is 320 g/mol. The lowest BCUT2D eigenvalue weighted by Gasteiger charge is -2.08. The summed E-state index contributed by atoms with van der Waals surface area (Å²) in [6.07, 6.45) is 5.34. The smallest absolute Gasteiger partial charge is 0.256 e. The molecule has 2 amide bonds. The van der Waals surface area contributed by atoms with E-state index in [1.54, 1.807) is 18.4 Å². The van der Waals surface area contributed by atoms with Crippen molar-refractivity contribution in [2.24, 2.45) is 0 Å². The van der Waals surface area contributed by atoms with E-state index in [0.29, 0.717) is 16.1 Å². The second kappa shape index (κ2) is 7.18. The standard InChI is InChI=1S/C19H22N2O2S/c1-12-8-10-13(11-9-12)17(22)21-19-16(18(23)20-2)14-6-4-3-5-7-15(14)24-19/h8-11H,3-7H2,1-2H3,(H,20,23)(H,21,22). The number of fused-ring (bicyclic) bond motifs is 1. The summed E-state index contributed by atoms with van der Waals surface area (Å²) >= 11 is 1.55. The molecule has 0 atom stereocenters. The zero-order chi connectivity index (χ0) is 17.1. The Kier molecular flexibility index (Phi) is 5.00. The number of hydrogen-bond donors (Lipinski definition) is 2. The molecule has 0 radical (unpaired) electrons. The van der Waals surface area contributed by atoms with Crippen molar-refractivity contribution in [3.05, 3.63) is 51.4 Å². The third kappa shape index (κ3) is 3.36. The van der Waals surface area contributed by atoms with Crippen molar-refractivity contribution in [3.63, 3.8) is 0 Å². The van der Waals surface area contributed by atoms with Crippen LogP contribution >= 0.6 is 11.3 Å². The Bertz CT molecular complexity index is 762. The van der Waals surface area contributed by atoms with Crippen molar-refractivity contribution in [2.45, 2.75) is 39.0 Å². The molecule has 3 rings (SSSR count). The number of aryl methyl sites for hydroxylation is 2. The molecule has 0 bridgehead atoms. The molecule has 4 nitrogen and oxygen atoms in total. The molecule has 1 heterocycles. The van der Waals surface area contributed by atoms with Crippen molar-refractivity contribution in [1.82, 2.24) is 5.32 Å². The third-order valence-corrected chi connectivity index (χ3v) is 5.62. The average molecular weight is 342 g/mol. The summed E-state index contributed by atoms with van der Waals surface area (Å²) in [5.74, 6) is -0.287. The van der Waals surface area contributed by atoms with Gasteiger partial charge in [-0.05, 0) is 50.3 Å². The van der Waals surface area contributed by atoms with Gasteiger partial charge in [0.2, 0.25) is 0 Å². The predicted octanol–water partition coefficient (Wildman–Crippen LogP) is 3.94. The molecule has 2 aromatic rings. The van der Waals surface area contributed by atoms with Crippen LogP contribution in [0, 0.1) is 6.92 Å². The lowest BCUT2D eigenvalue weighted by atomic mass is 10.0. The number of benzene rings is 1. The van der Waals surface area contributed by atoms with Gasteiger partial charge < -0.3 is 10.6 Å². The summed E-state index contributed by atoms with van der Waals surface area (Å²) in [6, 6.07) is 7.45. The average Bonchev–Trinajstić information content (AvgIpc) is 2.76. The fourth-order valence-electron chi connectivity index (χ4n) is 3.08. The zero-order valence-electron chi connectivity index (χ0n) is 14.1. The molecule has 24 heavy (non-hydrogen) atoms. The molecule has 1 aliphatic carbocycles. The lowest BCUT2D eigenvalue weighted by molar-refractivity contribution is 0.0963. The Hall–Kier alpha value is -2.14. The Morgan fingerprint density at radius 2 is 1.71 bits per heavy atom. The quantitative estimate of drug-likeness (QED) is 0.830. The van der Waals surface area contributed by atoms with E-state index < -0.39 is 0 Å². The van der Waals surface area contributed by atoms with Gasteiger partial charge in [-0.1, -0.05) is 24.1 Å². The molecule has 0 aliphatic heterocycles. The molecule has 1 aromatic heterocycles. The van der Waals surface area contributed by atoms with Crippen LogP contribution in [-0.4, -0.2) is 18.9 Å². The number of carbonyl (C=O) groups is 2. The fraction of sp³-hybridized carbons (Fsp3) is 0.368. The Labute approximate surface area is 146 Å². The molecule has 1 aromatic carbocycles. The van der Waals surface area contributed by atoms with Crippen molar-refractivity contribution in [3.8, 4) is 0 Å². The predicted molar refractivity (Wildman–Crippen MR) is 98.1 cm³/mol. The zero-order valence-corrected chi connectivity index (χ0v) is 14.9. The second-order valence-electron chi connectivity index (χ2n) is 6.17. The molecule has 0 fully saturated rings. The van der Waals surface area contributed by atoms with Gasteiger partial charge in [-0.2, -0.15) is 0 Å². The first-order valence-electron chi connectivity index (χ1n) is 8.34. The highest BCUT2D eigenvalue weighted by Crippen LogP contribution is 2.37. The largest absolute Gasteiger partial charge is 0.355 e. The maximum atomic E-state index is 12.5. The second-order valence-corrected chi connectivity index (χ2v) is 7.27. The van der Waals surface area contributed by atoms with Gasteiger partial charge in [-0.15, -0.1) is 11.3 Å². The number of hydrogen-bond acceptors (Lipinski definition) is 3. The molecule has 0 spiro atoms. The highest BCUT2D eigenvalue weighted by Gasteiger charge is 2.25. The molecule has 0 unspecified atom stereocenters. The van der Waals surface area contributed by atoms with Gasteiger partial charge in [0.25, 0.3) is 11.8 Å². The molecule has 1 aliphatic rings. The topological polar surface area (TPSA) is 58.2 Å². The first-order valence-corrected chi connectivity index (χ1v) is 9.16. The molecule has 0 saturated heterocycles. The van der Waals surface area contributed by atoms with E-state index in [0.717, 1.165) is 36.8 Å². The molecule has 126 valence electrons. The minimum atomic E-state index is -0.170. The maximum Gasteiger partial charge on any atom is 0.256 e. The number of amides is 2. The Morgan fingerprint density at radius 3 is 2.42 bits per heavy atom. The van der Waals surface area contributed by atoms with Crippen LogP contribution in [0.2, 0.25) is 0 Å². The van der Waals surface area contributed by atoms with Crippen LogP contribution in [0.1, 0.15) is 56.0 Å². The molecule has 0 saturated carbocycles. The van der Waals surface area contributed by atoms with Gasteiger partial charge >= 0.3 is 0 Å². The number of thiophene rings is 1. The summed E-state index contributed by atoms with van der Waals surface area (Å²) in [7, 11) is 1.63. The minimum absolute atomic E-state index is 0.117. The number of anilines is 1. The van der Waals surface area contributed by atoms with E-state index in [1.807, 2.05) is 31.2 Å². The lowest BCUT2D eigenvalue weighted by Crippen LogP contribution is -2.21.